The number of hydrogen-bond acceptors (Lipinski definition) is 4. The Morgan fingerprint density at radius 1 is 1.07 bits per heavy atom. The Labute approximate surface area is 181 Å². The van der Waals surface area contributed by atoms with Gasteiger partial charge in [-0.1, -0.05) is 39.0 Å². The van der Waals surface area contributed by atoms with E-state index in [9.17, 15) is 4.79 Å². The van der Waals surface area contributed by atoms with Crippen LogP contribution in [0, 0.1) is 12.8 Å². The highest BCUT2D eigenvalue weighted by Crippen LogP contribution is 2.30. The van der Waals surface area contributed by atoms with Crippen LogP contribution in [0.15, 0.2) is 30.3 Å². The second-order valence-electron chi connectivity index (χ2n) is 8.77. The molecule has 1 aromatic heterocycles. The highest BCUT2D eigenvalue weighted by Gasteiger charge is 2.28. The minimum atomic E-state index is -0.0200. The van der Waals surface area contributed by atoms with Gasteiger partial charge in [-0.25, -0.2) is 4.68 Å². The number of anilines is 1. The highest BCUT2D eigenvalue weighted by atomic mass is 16.2. The van der Waals surface area contributed by atoms with Crippen molar-refractivity contribution in [3.05, 3.63) is 41.6 Å². The first kappa shape index (κ1) is 22.3. The second-order valence-corrected chi connectivity index (χ2v) is 8.77. The van der Waals surface area contributed by atoms with E-state index in [0.29, 0.717) is 6.54 Å². The van der Waals surface area contributed by atoms with E-state index in [1.807, 2.05) is 36.9 Å². The molecule has 2 aromatic rings. The van der Waals surface area contributed by atoms with Crippen molar-refractivity contribution in [2.45, 2.75) is 54.1 Å². The van der Waals surface area contributed by atoms with Gasteiger partial charge in [-0.05, 0) is 39.4 Å². The lowest BCUT2D eigenvalue weighted by atomic mass is 10.1. The largest absolute Gasteiger partial charge is 0.354 e. The van der Waals surface area contributed by atoms with Crippen LogP contribution in [0.3, 0.4) is 0 Å². The number of piperazine rings is 1. The van der Waals surface area contributed by atoms with Gasteiger partial charge in [0.25, 0.3) is 0 Å². The Morgan fingerprint density at radius 2 is 1.70 bits per heavy atom. The molecular formula is C24H37N5O. The van der Waals surface area contributed by atoms with E-state index >= 15 is 0 Å². The Morgan fingerprint density at radius 3 is 2.23 bits per heavy atom. The molecule has 1 fully saturated rings. The van der Waals surface area contributed by atoms with Crippen LogP contribution in [0.1, 0.15) is 45.9 Å². The number of carbonyl (C=O) groups excluding carboxylic acids is 1. The number of benzene rings is 1. The van der Waals surface area contributed by atoms with Crippen LogP contribution in [-0.2, 0) is 11.3 Å². The molecule has 0 spiro atoms. The molecule has 1 aromatic carbocycles. The maximum absolute atomic E-state index is 12.9. The molecular weight excluding hydrogens is 374 g/mol. The minimum Gasteiger partial charge on any atom is -0.354 e. The number of nitrogens with zero attached hydrogens (tertiary/aromatic N) is 5. The van der Waals surface area contributed by atoms with Crippen LogP contribution < -0.4 is 4.90 Å². The quantitative estimate of drug-likeness (QED) is 0.697. The lowest BCUT2D eigenvalue weighted by Gasteiger charge is -2.37. The van der Waals surface area contributed by atoms with Gasteiger partial charge in [0.05, 0.1) is 17.9 Å². The first-order chi connectivity index (χ1) is 14.3. The van der Waals surface area contributed by atoms with Crippen molar-refractivity contribution in [1.29, 1.82) is 0 Å². The van der Waals surface area contributed by atoms with Crippen LogP contribution in [0.2, 0.25) is 0 Å². The molecule has 6 nitrogen and oxygen atoms in total. The number of aromatic nitrogens is 2. The molecule has 0 saturated carbocycles. The van der Waals surface area contributed by atoms with E-state index in [1.54, 1.807) is 0 Å². The van der Waals surface area contributed by atoms with Crippen molar-refractivity contribution < 1.29 is 4.79 Å². The molecule has 0 atom stereocenters. The molecule has 0 N–H and O–H groups in total. The van der Waals surface area contributed by atoms with Crippen molar-refractivity contribution in [3.63, 3.8) is 0 Å². The standard InChI is InChI=1S/C24H37N5O/c1-7-26-13-15-27(16-14-26)23-22(17-28(19(4)5)24(30)18(2)3)20(6)25-29(23)21-11-9-8-10-12-21/h8-12,18-19H,7,13-17H2,1-6H3. The predicted molar refractivity (Wildman–Crippen MR) is 123 cm³/mol. The number of rotatable bonds is 7. The van der Waals surface area contributed by atoms with Gasteiger partial charge >= 0.3 is 0 Å². The third kappa shape index (κ3) is 4.69. The Hall–Kier alpha value is -2.34. The lowest BCUT2D eigenvalue weighted by Crippen LogP contribution is -2.47. The summed E-state index contributed by atoms with van der Waals surface area (Å²) < 4.78 is 2.07. The summed E-state index contributed by atoms with van der Waals surface area (Å²) in [6, 6.07) is 10.5. The average Bonchev–Trinajstić information content (AvgIpc) is 3.07. The third-order valence-corrected chi connectivity index (χ3v) is 6.01. The van der Waals surface area contributed by atoms with E-state index < -0.39 is 0 Å². The first-order valence-electron chi connectivity index (χ1n) is 11.2. The number of para-hydroxylation sites is 1. The van der Waals surface area contributed by atoms with Gasteiger partial charge in [-0.2, -0.15) is 5.10 Å². The van der Waals surface area contributed by atoms with Crippen LogP contribution in [-0.4, -0.2) is 64.3 Å². The van der Waals surface area contributed by atoms with Crippen LogP contribution in [0.4, 0.5) is 5.82 Å². The Bertz CT molecular complexity index is 835. The van der Waals surface area contributed by atoms with Gasteiger partial charge in [0.1, 0.15) is 5.82 Å². The van der Waals surface area contributed by atoms with Crippen molar-refractivity contribution in [2.75, 3.05) is 37.6 Å². The smallest absolute Gasteiger partial charge is 0.225 e. The van der Waals surface area contributed by atoms with Gasteiger partial charge < -0.3 is 14.7 Å². The third-order valence-electron chi connectivity index (χ3n) is 6.01. The van der Waals surface area contributed by atoms with Crippen LogP contribution in [0.5, 0.6) is 0 Å². The van der Waals surface area contributed by atoms with Gasteiger partial charge in [0.15, 0.2) is 0 Å². The number of aryl methyl sites for hydroxylation is 1. The number of amides is 1. The molecule has 0 radical (unpaired) electrons. The molecule has 0 bridgehead atoms. The lowest BCUT2D eigenvalue weighted by molar-refractivity contribution is -0.136. The fourth-order valence-corrected chi connectivity index (χ4v) is 4.10. The van der Waals surface area contributed by atoms with Gasteiger partial charge in [0.2, 0.25) is 5.91 Å². The molecule has 30 heavy (non-hydrogen) atoms. The molecule has 1 amide bonds. The second kappa shape index (κ2) is 9.65. The average molecular weight is 412 g/mol. The molecule has 0 unspecified atom stereocenters. The predicted octanol–water partition coefficient (Wildman–Crippen LogP) is 3.72. The number of hydrogen-bond donors (Lipinski definition) is 0. The minimum absolute atomic E-state index is 0.0200. The molecule has 3 rings (SSSR count). The van der Waals surface area contributed by atoms with Crippen LogP contribution >= 0.6 is 0 Å². The van der Waals surface area contributed by atoms with Gasteiger partial charge in [-0.15, -0.1) is 0 Å². The molecule has 1 saturated heterocycles. The maximum atomic E-state index is 12.9. The SMILES string of the molecule is CCN1CCN(c2c(CN(C(=O)C(C)C)C(C)C)c(C)nn2-c2ccccc2)CC1. The topological polar surface area (TPSA) is 44.6 Å². The van der Waals surface area contributed by atoms with E-state index in [-0.39, 0.29) is 17.9 Å². The van der Waals surface area contributed by atoms with Crippen LogP contribution in [0.25, 0.3) is 5.69 Å². The fraction of sp³-hybridized carbons (Fsp3) is 0.583. The summed E-state index contributed by atoms with van der Waals surface area (Å²) in [6.45, 7) is 18.1. The van der Waals surface area contributed by atoms with E-state index in [1.165, 1.54) is 0 Å². The first-order valence-corrected chi connectivity index (χ1v) is 11.2. The highest BCUT2D eigenvalue weighted by molar-refractivity contribution is 5.78. The van der Waals surface area contributed by atoms with Crippen molar-refractivity contribution in [3.8, 4) is 5.69 Å². The summed E-state index contributed by atoms with van der Waals surface area (Å²) in [7, 11) is 0. The van der Waals surface area contributed by atoms with E-state index in [0.717, 1.165) is 55.5 Å². The van der Waals surface area contributed by atoms with Gasteiger partial charge in [-0.3, -0.25) is 4.79 Å². The zero-order valence-corrected chi connectivity index (χ0v) is 19.4. The van der Waals surface area contributed by atoms with Crippen molar-refractivity contribution >= 4 is 11.7 Å². The van der Waals surface area contributed by atoms with E-state index in [4.69, 9.17) is 5.10 Å². The summed E-state index contributed by atoms with van der Waals surface area (Å²) in [5.74, 6) is 1.31. The molecule has 1 aliphatic heterocycles. The van der Waals surface area contributed by atoms with Crippen molar-refractivity contribution in [2.24, 2.45) is 5.92 Å². The summed E-state index contributed by atoms with van der Waals surface area (Å²) in [5.41, 5.74) is 3.21. The Balaban J connectivity index is 2.04. The number of carbonyl (C=O) groups is 1. The summed E-state index contributed by atoms with van der Waals surface area (Å²) >= 11 is 0. The monoisotopic (exact) mass is 411 g/mol. The zero-order chi connectivity index (χ0) is 21.8. The molecule has 0 aliphatic carbocycles. The molecule has 1 aliphatic rings. The normalized spacial score (nSPS) is 15.3. The number of likely N-dealkylation sites (N-methyl/N-ethyl adjacent to an activating group) is 1. The van der Waals surface area contributed by atoms with E-state index in [2.05, 4.69) is 54.3 Å². The summed E-state index contributed by atoms with van der Waals surface area (Å²) in [4.78, 5) is 19.9. The molecule has 2 heterocycles. The fourth-order valence-electron chi connectivity index (χ4n) is 4.10. The maximum Gasteiger partial charge on any atom is 0.225 e. The Kier molecular flexibility index (Phi) is 7.19. The summed E-state index contributed by atoms with van der Waals surface area (Å²) in [5, 5.41) is 4.94. The van der Waals surface area contributed by atoms with Gasteiger partial charge in [0, 0.05) is 43.7 Å². The zero-order valence-electron chi connectivity index (χ0n) is 19.4. The summed E-state index contributed by atoms with van der Waals surface area (Å²) in [6.07, 6.45) is 0. The molecule has 164 valence electrons. The molecule has 6 heteroatoms. The van der Waals surface area contributed by atoms with Crippen molar-refractivity contribution in [1.82, 2.24) is 19.6 Å².